The normalized spacial score (nSPS) is 17.8. The van der Waals surface area contributed by atoms with E-state index in [1.165, 1.54) is 67.3 Å². The molecule has 6 aromatic carbocycles. The van der Waals surface area contributed by atoms with E-state index in [1.54, 1.807) is 12.1 Å². The number of halogens is 2. The summed E-state index contributed by atoms with van der Waals surface area (Å²) < 4.78 is 48.9. The smallest absolute Gasteiger partial charge is 0.270 e. The second-order valence-electron chi connectivity index (χ2n) is 32.5. The van der Waals surface area contributed by atoms with Crippen molar-refractivity contribution in [2.45, 2.75) is 234 Å². The van der Waals surface area contributed by atoms with Gasteiger partial charge in [-0.15, -0.1) is 0 Å². The number of carbonyl (C=O) groups excluding carboxylic acids is 2. The Morgan fingerprint density at radius 2 is 0.804 bits per heavy atom. The molecule has 20 nitrogen and oxygen atoms in total. The van der Waals surface area contributed by atoms with Crippen LogP contribution in [-0.4, -0.2) is 84.4 Å². The van der Waals surface area contributed by atoms with Crippen LogP contribution in [0.1, 0.15) is 256 Å². The summed E-state index contributed by atoms with van der Waals surface area (Å²) in [6.07, 6.45) is 13.5. The number of hydrogen-bond acceptors (Lipinski definition) is 14. The highest BCUT2D eigenvalue weighted by molar-refractivity contribution is 6.07. The van der Waals surface area contributed by atoms with Crippen LogP contribution in [0, 0.1) is 62.3 Å². The van der Waals surface area contributed by atoms with Gasteiger partial charge in [0.25, 0.3) is 5.92 Å². The van der Waals surface area contributed by atoms with Crippen LogP contribution in [0.4, 0.5) is 20.2 Å². The summed E-state index contributed by atoms with van der Waals surface area (Å²) >= 11 is 0. The lowest BCUT2D eigenvalue weighted by molar-refractivity contribution is -0.118. The molecular formula is C90H96F2N14O6. The van der Waals surface area contributed by atoms with Crippen LogP contribution in [0.25, 0.3) is 88.6 Å². The van der Waals surface area contributed by atoms with Crippen LogP contribution in [-0.2, 0) is 15.5 Å². The summed E-state index contributed by atoms with van der Waals surface area (Å²) in [5.41, 5.74) is 27.3. The minimum absolute atomic E-state index is 0.0159. The molecule has 0 spiro atoms. The van der Waals surface area contributed by atoms with Crippen molar-refractivity contribution in [2.75, 3.05) is 9.80 Å². The standard InChI is InChI=1S/C25H25F2N3O.C24H25N3O.C21H24N4O2.C20H22N4O2/c1-13(16-7-9-19(10-8-16)25(4,26)27)20-11-18(22-14(2)30-31-15(22)3)12-21-23(20)29-24(28-21)17-5-6-17;1-13-6-5-7-18(10-13)14(2)20-11-19(22-15(3)27-28-16(22)4)12-21-23(20)26-24(25-21)17-8-9-17;1-4-15-7-8-18(26)25(15)17-10-14(19-11(2)24-27-12(19)3)9-16-20(17)23-21(22-16)13-5-6-13;1-10-4-7-17(25)24(10)16-9-14(18-11(2)23-26-12(18)3)8-15-19(16)22-20(21-15)13-5-6-13/h7-13,17H,5-6H2,1-4H3,(H,28,29);5-7,10-12,14,17H,8-9H2,1-4H3,(H,25,26);9-10,13,15H,4-8H2,1-3H3,(H,22,23);8-10,13H,4-7H2,1-3H3,(H,21,22). The minimum Gasteiger partial charge on any atom is -0.361 e. The van der Waals surface area contributed by atoms with E-state index in [1.807, 2.05) is 65.2 Å². The molecule has 6 fully saturated rings. The van der Waals surface area contributed by atoms with Crippen LogP contribution in [0.3, 0.4) is 0 Å². The van der Waals surface area contributed by atoms with Crippen molar-refractivity contribution in [2.24, 2.45) is 0 Å². The molecule has 576 valence electrons. The number of anilines is 2. The van der Waals surface area contributed by atoms with E-state index in [-0.39, 0.29) is 41.3 Å². The monoisotopic (exact) mass is 1510 g/mol. The molecule has 112 heavy (non-hydrogen) atoms. The maximum atomic E-state index is 13.7. The van der Waals surface area contributed by atoms with Gasteiger partial charge in [0.2, 0.25) is 11.8 Å². The quantitative estimate of drug-likeness (QED) is 0.0701. The SMILES string of the molecule is CCC1CCC(=O)N1c1cc(-c2c(C)noc2C)cc2[nH]c(C3CC3)nc12.Cc1cccc(C(C)c2cc(-c3c(C)noc3C)cc3[nH]c(C4CC4)nc23)c1.Cc1noc(C)c1-c1cc(C(C)c2ccc(C(C)(F)F)cc2)c2nc(C3CC3)[nH]c2c1.Cc1noc(C)c1-c1cc(N2C(=O)CCC2C)c2nc(C3CC3)[nH]c2c1. The molecule has 4 N–H and O–H groups in total. The van der Waals surface area contributed by atoms with Crippen molar-refractivity contribution in [3.05, 3.63) is 200 Å². The first-order chi connectivity index (χ1) is 53.8. The van der Waals surface area contributed by atoms with Crippen LogP contribution >= 0.6 is 0 Å². The molecule has 22 heteroatoms. The average molecular weight is 1510 g/mol. The molecule has 4 saturated carbocycles. The predicted octanol–water partition coefficient (Wildman–Crippen LogP) is 22.0. The lowest BCUT2D eigenvalue weighted by Gasteiger charge is -2.25. The molecule has 0 radical (unpaired) electrons. The van der Waals surface area contributed by atoms with Crippen molar-refractivity contribution >= 4 is 67.3 Å². The Kier molecular flexibility index (Phi) is 19.0. The second-order valence-corrected chi connectivity index (χ2v) is 32.5. The number of imidazole rings is 4. The molecule has 14 aromatic rings. The van der Waals surface area contributed by atoms with Crippen molar-refractivity contribution < 1.29 is 36.5 Å². The molecule has 2 aliphatic heterocycles. The topological polar surface area (TPSA) is 259 Å². The van der Waals surface area contributed by atoms with Gasteiger partial charge in [0, 0.05) is 95.2 Å². The summed E-state index contributed by atoms with van der Waals surface area (Å²) in [5, 5.41) is 16.5. The summed E-state index contributed by atoms with van der Waals surface area (Å²) in [4.78, 5) is 63.0. The summed E-state index contributed by atoms with van der Waals surface area (Å²) in [6.45, 7) is 27.3. The second kappa shape index (κ2) is 28.9. The molecule has 10 heterocycles. The van der Waals surface area contributed by atoms with Gasteiger partial charge < -0.3 is 47.8 Å². The average Bonchev–Trinajstić information content (AvgIpc) is 1.62. The van der Waals surface area contributed by atoms with E-state index in [9.17, 15) is 18.4 Å². The van der Waals surface area contributed by atoms with E-state index in [2.05, 4.69) is 148 Å². The number of nitrogens with zero attached hydrogens (tertiary/aromatic N) is 10. The van der Waals surface area contributed by atoms with Gasteiger partial charge in [0.05, 0.1) is 67.3 Å². The summed E-state index contributed by atoms with van der Waals surface area (Å²) in [6, 6.07) is 32.9. The van der Waals surface area contributed by atoms with Gasteiger partial charge in [-0.3, -0.25) is 9.59 Å². The highest BCUT2D eigenvalue weighted by atomic mass is 19.3. The molecule has 8 aromatic heterocycles. The third-order valence-electron chi connectivity index (χ3n) is 23.8. The van der Waals surface area contributed by atoms with Gasteiger partial charge in [0.1, 0.15) is 57.4 Å². The zero-order valence-electron chi connectivity index (χ0n) is 66.2. The van der Waals surface area contributed by atoms with Gasteiger partial charge in [-0.2, -0.15) is 0 Å². The number of benzene rings is 6. The molecule has 20 rings (SSSR count). The Labute approximate surface area is 648 Å². The zero-order chi connectivity index (χ0) is 78.0. The fourth-order valence-electron chi connectivity index (χ4n) is 17.0. The Morgan fingerprint density at radius 1 is 0.446 bits per heavy atom. The molecule has 4 aliphatic carbocycles. The van der Waals surface area contributed by atoms with Crippen LogP contribution in [0.2, 0.25) is 0 Å². The molecule has 2 amide bonds. The number of hydrogen-bond donors (Lipinski definition) is 4. The number of fused-ring (bicyclic) bond motifs is 4. The lowest BCUT2D eigenvalue weighted by atomic mass is 9.88. The van der Waals surface area contributed by atoms with Gasteiger partial charge in [-0.1, -0.05) is 95.5 Å². The number of carbonyl (C=O) groups is 2. The van der Waals surface area contributed by atoms with Crippen molar-refractivity contribution in [3.8, 4) is 44.5 Å². The van der Waals surface area contributed by atoms with Crippen molar-refractivity contribution in [1.82, 2.24) is 60.5 Å². The maximum absolute atomic E-state index is 13.7. The Bertz CT molecular complexity index is 5880. The largest absolute Gasteiger partial charge is 0.361 e. The first kappa shape index (κ1) is 73.6. The first-order valence-electron chi connectivity index (χ1n) is 39.9. The third kappa shape index (κ3) is 14.1. The van der Waals surface area contributed by atoms with Crippen LogP contribution in [0.15, 0.2) is 115 Å². The van der Waals surface area contributed by atoms with Crippen LogP contribution in [0.5, 0.6) is 0 Å². The summed E-state index contributed by atoms with van der Waals surface area (Å²) in [5.74, 6) is 7.35. The molecule has 0 bridgehead atoms. The number of aryl methyl sites for hydroxylation is 9. The fourth-order valence-corrected chi connectivity index (χ4v) is 17.0. The highest BCUT2D eigenvalue weighted by Gasteiger charge is 2.38. The van der Waals surface area contributed by atoms with Crippen molar-refractivity contribution in [3.63, 3.8) is 0 Å². The van der Waals surface area contributed by atoms with E-state index in [0.29, 0.717) is 36.5 Å². The van der Waals surface area contributed by atoms with Gasteiger partial charge in [-0.05, 0) is 233 Å². The molecule has 2 saturated heterocycles. The minimum atomic E-state index is -2.85. The Morgan fingerprint density at radius 3 is 1.15 bits per heavy atom. The number of H-pyrrole nitrogens is 4. The number of alkyl halides is 2. The van der Waals surface area contributed by atoms with Gasteiger partial charge in [-0.25, -0.2) is 28.7 Å². The predicted molar refractivity (Wildman–Crippen MR) is 431 cm³/mol. The van der Waals surface area contributed by atoms with E-state index < -0.39 is 5.92 Å². The lowest BCUT2D eigenvalue weighted by Crippen LogP contribution is -2.32. The molecule has 4 atom stereocenters. The molecule has 4 unspecified atom stereocenters. The number of amides is 2. The number of nitrogens with one attached hydrogen (secondary N) is 4. The Balaban J connectivity index is 0.000000109. The van der Waals surface area contributed by atoms with E-state index >= 15 is 0 Å². The number of rotatable bonds is 16. The number of aromatic nitrogens is 12. The van der Waals surface area contributed by atoms with Gasteiger partial charge in [0.15, 0.2) is 0 Å². The zero-order valence-corrected chi connectivity index (χ0v) is 66.2. The van der Waals surface area contributed by atoms with Crippen LogP contribution < -0.4 is 9.80 Å². The Hall–Kier alpha value is -11.2. The van der Waals surface area contributed by atoms with E-state index in [0.717, 1.165) is 219 Å². The van der Waals surface area contributed by atoms with Crippen molar-refractivity contribution in [1.29, 1.82) is 0 Å². The first-order valence-corrected chi connectivity index (χ1v) is 39.9. The van der Waals surface area contributed by atoms with E-state index in [4.69, 9.17) is 38.0 Å². The fraction of sp³-hybridized carbons (Fsp3) is 0.400. The molecule has 6 aliphatic rings. The molecular weight excluding hydrogens is 1410 g/mol. The van der Waals surface area contributed by atoms with Gasteiger partial charge >= 0.3 is 0 Å². The third-order valence-corrected chi connectivity index (χ3v) is 23.8. The summed E-state index contributed by atoms with van der Waals surface area (Å²) in [7, 11) is 0. The highest BCUT2D eigenvalue weighted by Crippen LogP contribution is 2.48. The maximum Gasteiger partial charge on any atom is 0.270 e. The number of aromatic amines is 4.